The molecule has 1 fully saturated rings. The highest BCUT2D eigenvalue weighted by Gasteiger charge is 2.32. The Kier molecular flexibility index (Phi) is 12.2. The highest BCUT2D eigenvalue weighted by atomic mass is 19.4. The predicted molar refractivity (Wildman–Crippen MR) is 169 cm³/mol. The molecule has 3 aromatic carbocycles. The maximum atomic E-state index is 13.3. The Morgan fingerprint density at radius 2 is 1.56 bits per heavy atom. The fraction of sp³-hybridized carbons (Fsp3) is 0.444. The molecule has 0 saturated carbocycles. The van der Waals surface area contributed by atoms with Crippen molar-refractivity contribution in [1.29, 1.82) is 0 Å². The summed E-state index contributed by atoms with van der Waals surface area (Å²) < 4.78 is 49.8. The van der Waals surface area contributed by atoms with Gasteiger partial charge in [-0.25, -0.2) is 0 Å². The lowest BCUT2D eigenvalue weighted by Gasteiger charge is -2.34. The summed E-state index contributed by atoms with van der Waals surface area (Å²) in [5.74, 6) is -0.451. The van der Waals surface area contributed by atoms with Crippen molar-refractivity contribution >= 4 is 11.9 Å². The molecule has 45 heavy (non-hydrogen) atoms. The summed E-state index contributed by atoms with van der Waals surface area (Å²) in [5.41, 5.74) is 1.64. The van der Waals surface area contributed by atoms with Gasteiger partial charge in [-0.05, 0) is 74.0 Å². The molecule has 1 atom stereocenters. The number of hydrogen-bond donors (Lipinski definition) is 1. The highest BCUT2D eigenvalue weighted by molar-refractivity contribution is 6.01. The molecular formula is C36H43F3N2O4. The molecule has 0 radical (unpaired) electrons. The average molecular weight is 625 g/mol. The zero-order chi connectivity index (χ0) is 32.3. The summed E-state index contributed by atoms with van der Waals surface area (Å²) in [4.78, 5) is 28.3. The smallest absolute Gasteiger partial charge is 0.416 e. The van der Waals surface area contributed by atoms with E-state index < -0.39 is 11.7 Å². The molecule has 9 heteroatoms. The van der Waals surface area contributed by atoms with Crippen LogP contribution in [0.15, 0.2) is 78.9 Å². The second-order valence-electron chi connectivity index (χ2n) is 11.8. The number of halogens is 3. The molecule has 0 aliphatic carbocycles. The molecule has 0 bridgehead atoms. The first-order valence-corrected chi connectivity index (χ1v) is 15.7. The number of carbonyl (C=O) groups excluding carboxylic acids is 2. The maximum absolute atomic E-state index is 13.3. The molecule has 3 aromatic rings. The van der Waals surface area contributed by atoms with Crippen molar-refractivity contribution in [2.24, 2.45) is 0 Å². The van der Waals surface area contributed by atoms with Crippen LogP contribution in [0.2, 0.25) is 0 Å². The number of amides is 1. The van der Waals surface area contributed by atoms with Crippen LogP contribution in [0.4, 0.5) is 13.2 Å². The number of nitrogens with one attached hydrogen (secondary N) is 1. The molecule has 6 nitrogen and oxygen atoms in total. The third-order valence-electron chi connectivity index (χ3n) is 8.52. The van der Waals surface area contributed by atoms with Crippen LogP contribution in [-0.4, -0.2) is 62.3 Å². The Morgan fingerprint density at radius 3 is 2.22 bits per heavy atom. The molecule has 0 spiro atoms. The summed E-state index contributed by atoms with van der Waals surface area (Å²) in [7, 11) is 0. The number of likely N-dealkylation sites (tertiary alicyclic amines) is 1. The van der Waals surface area contributed by atoms with Gasteiger partial charge < -0.3 is 19.7 Å². The average Bonchev–Trinajstić information content (AvgIpc) is 3.04. The van der Waals surface area contributed by atoms with Gasteiger partial charge in [-0.1, -0.05) is 67.6 Å². The summed E-state index contributed by atoms with van der Waals surface area (Å²) in [6, 6.07) is 22.0. The highest BCUT2D eigenvalue weighted by Crippen LogP contribution is 2.34. The van der Waals surface area contributed by atoms with E-state index in [-0.39, 0.29) is 29.9 Å². The molecule has 242 valence electrons. The van der Waals surface area contributed by atoms with Crippen LogP contribution in [-0.2, 0) is 25.9 Å². The summed E-state index contributed by atoms with van der Waals surface area (Å²) in [5, 5.41) is 3.14. The van der Waals surface area contributed by atoms with Crippen LogP contribution in [0.25, 0.3) is 11.1 Å². The van der Waals surface area contributed by atoms with E-state index in [0.29, 0.717) is 36.3 Å². The van der Waals surface area contributed by atoms with Crippen molar-refractivity contribution in [2.75, 3.05) is 39.5 Å². The van der Waals surface area contributed by atoms with E-state index in [4.69, 9.17) is 9.47 Å². The van der Waals surface area contributed by atoms with Gasteiger partial charge in [0.2, 0.25) is 0 Å². The molecular weight excluding hydrogens is 581 g/mol. The van der Waals surface area contributed by atoms with E-state index in [1.54, 1.807) is 24.3 Å². The number of benzene rings is 3. The van der Waals surface area contributed by atoms with Gasteiger partial charge in [-0.3, -0.25) is 9.59 Å². The van der Waals surface area contributed by atoms with Crippen LogP contribution in [0.5, 0.6) is 0 Å². The Labute approximate surface area is 263 Å². The van der Waals surface area contributed by atoms with Crippen molar-refractivity contribution in [2.45, 2.75) is 63.6 Å². The number of piperidine rings is 1. The molecule has 0 aromatic heterocycles. The number of carbonyl (C=O) groups is 2. The minimum atomic E-state index is -4.41. The van der Waals surface area contributed by atoms with E-state index in [2.05, 4.69) is 29.3 Å². The SMILES string of the molecule is CCOCCOC(=O)CC(C)(CCCN1CCC(NC(=O)c2ccccc2-c2ccc(C(F)(F)F)cc2)CC1)c1ccccc1. The van der Waals surface area contributed by atoms with Gasteiger partial charge in [0.05, 0.1) is 18.6 Å². The van der Waals surface area contributed by atoms with E-state index in [1.165, 1.54) is 12.1 Å². The number of hydrogen-bond acceptors (Lipinski definition) is 5. The van der Waals surface area contributed by atoms with Crippen LogP contribution >= 0.6 is 0 Å². The van der Waals surface area contributed by atoms with E-state index in [1.807, 2.05) is 25.1 Å². The first-order valence-electron chi connectivity index (χ1n) is 15.7. The number of ether oxygens (including phenoxy) is 2. The van der Waals surface area contributed by atoms with Crippen LogP contribution < -0.4 is 5.32 Å². The molecule has 1 saturated heterocycles. The fourth-order valence-electron chi connectivity index (χ4n) is 5.93. The van der Waals surface area contributed by atoms with Gasteiger partial charge >= 0.3 is 12.1 Å². The lowest BCUT2D eigenvalue weighted by atomic mass is 9.76. The van der Waals surface area contributed by atoms with Gasteiger partial charge in [-0.15, -0.1) is 0 Å². The minimum Gasteiger partial charge on any atom is -0.463 e. The second-order valence-corrected chi connectivity index (χ2v) is 11.8. The van der Waals surface area contributed by atoms with Crippen molar-refractivity contribution < 1.29 is 32.2 Å². The predicted octanol–water partition coefficient (Wildman–Crippen LogP) is 7.27. The largest absolute Gasteiger partial charge is 0.463 e. The van der Waals surface area contributed by atoms with E-state index >= 15 is 0 Å². The fourth-order valence-corrected chi connectivity index (χ4v) is 5.93. The zero-order valence-corrected chi connectivity index (χ0v) is 26.1. The summed E-state index contributed by atoms with van der Waals surface area (Å²) in [6.45, 7) is 7.83. The van der Waals surface area contributed by atoms with Crippen LogP contribution in [0.1, 0.15) is 67.4 Å². The lowest BCUT2D eigenvalue weighted by molar-refractivity contribution is -0.146. The summed E-state index contributed by atoms with van der Waals surface area (Å²) in [6.07, 6.45) is -0.772. The molecule has 1 N–H and O–H groups in total. The first kappa shape index (κ1) is 34.2. The molecule has 1 amide bonds. The second kappa shape index (κ2) is 16.0. The Hall–Kier alpha value is -3.69. The quantitative estimate of drug-likeness (QED) is 0.151. The van der Waals surface area contributed by atoms with Crippen LogP contribution in [0.3, 0.4) is 0 Å². The third-order valence-corrected chi connectivity index (χ3v) is 8.52. The summed E-state index contributed by atoms with van der Waals surface area (Å²) >= 11 is 0. The van der Waals surface area contributed by atoms with Crippen molar-refractivity contribution in [3.05, 3.63) is 95.6 Å². The zero-order valence-electron chi connectivity index (χ0n) is 26.1. The van der Waals surface area contributed by atoms with Crippen molar-refractivity contribution in [3.8, 4) is 11.1 Å². The van der Waals surface area contributed by atoms with Gasteiger partial charge in [0.15, 0.2) is 0 Å². The monoisotopic (exact) mass is 624 g/mol. The van der Waals surface area contributed by atoms with E-state index in [0.717, 1.165) is 63.0 Å². The normalized spacial score (nSPS) is 15.8. The van der Waals surface area contributed by atoms with Gasteiger partial charge in [0, 0.05) is 36.7 Å². The standard InChI is InChI=1S/C36H43F3N2O4/c1-3-44-24-25-45-33(42)26-35(2,28-10-5-4-6-11-28)20-9-21-41-22-18-30(19-23-41)40-34(43)32-13-8-7-12-31(32)27-14-16-29(17-15-27)36(37,38)39/h4-8,10-17,30H,3,9,18-26H2,1-2H3,(H,40,43). The topological polar surface area (TPSA) is 67.9 Å². The van der Waals surface area contributed by atoms with Crippen molar-refractivity contribution in [1.82, 2.24) is 10.2 Å². The third kappa shape index (κ3) is 9.90. The van der Waals surface area contributed by atoms with Gasteiger partial charge in [0.25, 0.3) is 5.91 Å². The molecule has 1 aliphatic heterocycles. The number of esters is 1. The molecule has 1 unspecified atom stereocenters. The van der Waals surface area contributed by atoms with Crippen molar-refractivity contribution in [3.63, 3.8) is 0 Å². The number of alkyl halides is 3. The maximum Gasteiger partial charge on any atom is 0.416 e. The molecule has 1 heterocycles. The first-order chi connectivity index (χ1) is 21.6. The van der Waals surface area contributed by atoms with E-state index in [9.17, 15) is 22.8 Å². The minimum absolute atomic E-state index is 0.00968. The Morgan fingerprint density at radius 1 is 0.889 bits per heavy atom. The van der Waals surface area contributed by atoms with Gasteiger partial charge in [0.1, 0.15) is 6.61 Å². The molecule has 4 rings (SSSR count). The lowest BCUT2D eigenvalue weighted by Crippen LogP contribution is -2.45. The Balaban J connectivity index is 1.28. The number of nitrogens with zero attached hydrogens (tertiary/aromatic N) is 1. The van der Waals surface area contributed by atoms with Crippen LogP contribution in [0, 0.1) is 0 Å². The Bertz CT molecular complexity index is 1370. The number of rotatable bonds is 14. The molecule has 1 aliphatic rings. The van der Waals surface area contributed by atoms with Gasteiger partial charge in [-0.2, -0.15) is 13.2 Å².